The molecule has 1 atom stereocenters. The molecule has 0 aromatic rings. The normalized spacial score (nSPS) is 12.0. The average molecular weight is 391 g/mol. The molecule has 0 aliphatic rings. The van der Waals surface area contributed by atoms with Crippen molar-refractivity contribution in [3.8, 4) is 0 Å². The summed E-state index contributed by atoms with van der Waals surface area (Å²) >= 11 is 0. The topological polar surface area (TPSA) is 95.1 Å². The zero-order valence-corrected chi connectivity index (χ0v) is 17.2. The van der Waals surface area contributed by atoms with Crippen molar-refractivity contribution in [3.63, 3.8) is 0 Å². The highest BCUT2D eigenvalue weighted by molar-refractivity contribution is 5.76. The van der Waals surface area contributed by atoms with Crippen LogP contribution in [-0.2, 0) is 28.5 Å². The third kappa shape index (κ3) is 17.9. The number of esters is 1. The average Bonchev–Trinajstić information content (AvgIpc) is 2.66. The number of rotatable bonds is 19. The zero-order valence-electron chi connectivity index (χ0n) is 17.2. The Kier molecular flexibility index (Phi) is 18.7. The third-order valence-electron chi connectivity index (χ3n) is 3.62. The van der Waals surface area contributed by atoms with Crippen LogP contribution in [0.4, 0.5) is 0 Å². The lowest BCUT2D eigenvalue weighted by molar-refractivity contribution is -0.144. The molecular formula is C19H38N2O6. The Morgan fingerprint density at radius 2 is 1.74 bits per heavy atom. The number of unbranched alkanes of at least 4 members (excludes halogenated alkanes) is 1. The molecule has 0 radical (unpaired) electrons. The minimum atomic E-state index is -0.275. The van der Waals surface area contributed by atoms with Crippen LogP contribution in [0.3, 0.4) is 0 Å². The fraction of sp³-hybridized carbons (Fsp3) is 0.895. The summed E-state index contributed by atoms with van der Waals surface area (Å²) in [7, 11) is 1.55. The molecule has 1 unspecified atom stereocenters. The minimum absolute atomic E-state index is 0.0512. The molecule has 0 spiro atoms. The molecule has 0 fully saturated rings. The van der Waals surface area contributed by atoms with E-state index >= 15 is 0 Å². The van der Waals surface area contributed by atoms with Gasteiger partial charge >= 0.3 is 5.97 Å². The molecule has 0 bridgehead atoms. The van der Waals surface area contributed by atoms with E-state index in [0.717, 1.165) is 19.3 Å². The highest BCUT2D eigenvalue weighted by Crippen LogP contribution is 1.98. The minimum Gasteiger partial charge on any atom is -0.463 e. The molecule has 0 aliphatic carbocycles. The van der Waals surface area contributed by atoms with Crippen LogP contribution >= 0.6 is 0 Å². The van der Waals surface area contributed by atoms with Crippen molar-refractivity contribution in [2.24, 2.45) is 0 Å². The number of nitrogens with one attached hydrogen (secondary N) is 2. The van der Waals surface area contributed by atoms with E-state index in [1.165, 1.54) is 0 Å². The Hall–Kier alpha value is -1.22. The zero-order chi connectivity index (χ0) is 20.2. The van der Waals surface area contributed by atoms with Gasteiger partial charge in [0, 0.05) is 46.4 Å². The van der Waals surface area contributed by atoms with Crippen LogP contribution in [0.25, 0.3) is 0 Å². The Bertz CT molecular complexity index is 358. The summed E-state index contributed by atoms with van der Waals surface area (Å²) in [6, 6.07) is 0. The SMILES string of the molecule is CCCCOC(CNC(=O)CCNCCC(=O)OCCOC)COCCC. The highest BCUT2D eigenvalue weighted by Gasteiger charge is 2.11. The van der Waals surface area contributed by atoms with E-state index in [1.54, 1.807) is 7.11 Å². The number of hydrogen-bond donors (Lipinski definition) is 2. The number of hydrogen-bond acceptors (Lipinski definition) is 7. The van der Waals surface area contributed by atoms with Gasteiger partial charge in [-0.1, -0.05) is 20.3 Å². The summed E-state index contributed by atoms with van der Waals surface area (Å²) < 4.78 is 21.1. The summed E-state index contributed by atoms with van der Waals surface area (Å²) in [4.78, 5) is 23.3. The largest absolute Gasteiger partial charge is 0.463 e. The van der Waals surface area contributed by atoms with Gasteiger partial charge < -0.3 is 29.6 Å². The van der Waals surface area contributed by atoms with Crippen molar-refractivity contribution >= 4 is 11.9 Å². The monoisotopic (exact) mass is 390 g/mol. The molecule has 8 nitrogen and oxygen atoms in total. The molecule has 8 heteroatoms. The predicted octanol–water partition coefficient (Wildman–Crippen LogP) is 1.27. The second kappa shape index (κ2) is 19.5. The van der Waals surface area contributed by atoms with Gasteiger partial charge in [-0.05, 0) is 12.8 Å². The standard InChI is InChI=1S/C19H38N2O6/c1-4-6-12-26-17(16-25-11-5-2)15-21-18(22)7-9-20-10-8-19(23)27-14-13-24-3/h17,20H,4-16H2,1-3H3,(H,21,22). The van der Waals surface area contributed by atoms with E-state index in [0.29, 0.717) is 52.5 Å². The van der Waals surface area contributed by atoms with Gasteiger partial charge in [0.25, 0.3) is 0 Å². The van der Waals surface area contributed by atoms with E-state index < -0.39 is 0 Å². The van der Waals surface area contributed by atoms with E-state index in [9.17, 15) is 9.59 Å². The maximum atomic E-state index is 11.9. The van der Waals surface area contributed by atoms with E-state index in [1.807, 2.05) is 0 Å². The molecule has 0 aromatic carbocycles. The van der Waals surface area contributed by atoms with Crippen molar-refractivity contribution in [2.45, 2.75) is 52.1 Å². The third-order valence-corrected chi connectivity index (χ3v) is 3.62. The van der Waals surface area contributed by atoms with Crippen LogP contribution in [0, 0.1) is 0 Å². The van der Waals surface area contributed by atoms with E-state index in [-0.39, 0.29) is 31.0 Å². The molecule has 0 aromatic heterocycles. The summed E-state index contributed by atoms with van der Waals surface area (Å²) in [6.45, 7) is 8.11. The first-order valence-electron chi connectivity index (χ1n) is 9.95. The van der Waals surface area contributed by atoms with Gasteiger partial charge in [-0.15, -0.1) is 0 Å². The second-order valence-electron chi connectivity index (χ2n) is 6.19. The fourth-order valence-electron chi connectivity index (χ4n) is 2.06. The van der Waals surface area contributed by atoms with Crippen LogP contribution in [-0.4, -0.2) is 77.8 Å². The first-order chi connectivity index (χ1) is 13.1. The predicted molar refractivity (Wildman–Crippen MR) is 104 cm³/mol. The van der Waals surface area contributed by atoms with Crippen molar-refractivity contribution in [1.82, 2.24) is 10.6 Å². The molecule has 0 saturated heterocycles. The van der Waals surface area contributed by atoms with Crippen LogP contribution in [0.2, 0.25) is 0 Å². The number of ether oxygens (including phenoxy) is 4. The van der Waals surface area contributed by atoms with Gasteiger partial charge in [0.15, 0.2) is 0 Å². The van der Waals surface area contributed by atoms with E-state index in [4.69, 9.17) is 18.9 Å². The van der Waals surface area contributed by atoms with Gasteiger partial charge in [-0.2, -0.15) is 0 Å². The summed E-state index contributed by atoms with van der Waals surface area (Å²) in [6.07, 6.45) is 3.52. The first kappa shape index (κ1) is 25.8. The lowest BCUT2D eigenvalue weighted by Gasteiger charge is -2.18. The second-order valence-corrected chi connectivity index (χ2v) is 6.19. The molecule has 160 valence electrons. The number of amides is 1. The fourth-order valence-corrected chi connectivity index (χ4v) is 2.06. The maximum Gasteiger partial charge on any atom is 0.307 e. The summed E-state index contributed by atoms with van der Waals surface area (Å²) in [5.41, 5.74) is 0. The molecule has 2 N–H and O–H groups in total. The van der Waals surface area contributed by atoms with Gasteiger partial charge in [0.1, 0.15) is 6.61 Å². The Morgan fingerprint density at radius 3 is 2.44 bits per heavy atom. The highest BCUT2D eigenvalue weighted by atomic mass is 16.6. The van der Waals surface area contributed by atoms with Crippen LogP contribution in [0.15, 0.2) is 0 Å². The molecule has 27 heavy (non-hydrogen) atoms. The van der Waals surface area contributed by atoms with Crippen molar-refractivity contribution in [1.29, 1.82) is 0 Å². The molecule has 0 heterocycles. The lowest BCUT2D eigenvalue weighted by Crippen LogP contribution is -2.37. The van der Waals surface area contributed by atoms with Gasteiger partial charge in [0.05, 0.1) is 25.7 Å². The van der Waals surface area contributed by atoms with Crippen molar-refractivity contribution in [2.75, 3.05) is 59.8 Å². The van der Waals surface area contributed by atoms with Gasteiger partial charge in [-0.3, -0.25) is 9.59 Å². The number of methoxy groups -OCH3 is 1. The van der Waals surface area contributed by atoms with Crippen LogP contribution in [0.5, 0.6) is 0 Å². The van der Waals surface area contributed by atoms with E-state index in [2.05, 4.69) is 24.5 Å². The molecular weight excluding hydrogens is 352 g/mol. The number of carbonyl (C=O) groups is 2. The Labute approximate surface area is 163 Å². The van der Waals surface area contributed by atoms with Crippen molar-refractivity contribution in [3.05, 3.63) is 0 Å². The lowest BCUT2D eigenvalue weighted by atomic mass is 10.3. The van der Waals surface area contributed by atoms with Gasteiger partial charge in [0.2, 0.25) is 5.91 Å². The molecule has 0 aliphatic heterocycles. The van der Waals surface area contributed by atoms with Gasteiger partial charge in [-0.25, -0.2) is 0 Å². The van der Waals surface area contributed by atoms with Crippen molar-refractivity contribution < 1.29 is 28.5 Å². The van der Waals surface area contributed by atoms with Crippen LogP contribution in [0.1, 0.15) is 46.0 Å². The smallest absolute Gasteiger partial charge is 0.307 e. The quantitative estimate of drug-likeness (QED) is 0.253. The maximum absolute atomic E-state index is 11.9. The number of carbonyl (C=O) groups excluding carboxylic acids is 2. The van der Waals surface area contributed by atoms with Crippen LogP contribution < -0.4 is 10.6 Å². The molecule has 0 saturated carbocycles. The molecule has 1 amide bonds. The Morgan fingerprint density at radius 1 is 0.963 bits per heavy atom. The Balaban J connectivity index is 3.78. The first-order valence-corrected chi connectivity index (χ1v) is 9.95. The summed E-state index contributed by atoms with van der Waals surface area (Å²) in [5.74, 6) is -0.326. The summed E-state index contributed by atoms with van der Waals surface area (Å²) in [5, 5.41) is 5.94. The molecule has 0 rings (SSSR count).